The summed E-state index contributed by atoms with van der Waals surface area (Å²) >= 11 is 1.89. The molecule has 1 spiro atoms. The molecule has 1 aromatic heterocycles. The summed E-state index contributed by atoms with van der Waals surface area (Å²) in [6, 6.07) is 13.4. The van der Waals surface area contributed by atoms with Crippen LogP contribution in [-0.4, -0.2) is 33.4 Å². The zero-order chi connectivity index (χ0) is 19.3. The van der Waals surface area contributed by atoms with Gasteiger partial charge >= 0.3 is 0 Å². The minimum Gasteiger partial charge on any atom is -0.497 e. The quantitative estimate of drug-likeness (QED) is 0.720. The van der Waals surface area contributed by atoms with Gasteiger partial charge in [-0.2, -0.15) is 21.8 Å². The van der Waals surface area contributed by atoms with Crippen LogP contribution in [0.5, 0.6) is 5.75 Å². The molecule has 142 valence electrons. The third-order valence-electron chi connectivity index (χ3n) is 5.45. The first-order valence-corrected chi connectivity index (χ1v) is 10.4. The second-order valence-corrected chi connectivity index (χ2v) is 8.29. The summed E-state index contributed by atoms with van der Waals surface area (Å²) < 4.78 is 7.16. The molecule has 1 N–H and O–H groups in total. The maximum Gasteiger partial charge on any atom is 0.300 e. The molecule has 2 aliphatic heterocycles. The second kappa shape index (κ2) is 6.38. The minimum atomic E-state index is -0.360. The summed E-state index contributed by atoms with van der Waals surface area (Å²) in [7, 11) is 1.62. The van der Waals surface area contributed by atoms with E-state index in [1.165, 1.54) is 0 Å². The molecule has 2 aliphatic rings. The Kier molecular flexibility index (Phi) is 3.94. The number of nitrogens with one attached hydrogen (secondary N) is 1. The molecule has 7 heteroatoms. The normalized spacial score (nSPS) is 19.8. The third-order valence-corrected chi connectivity index (χ3v) is 6.63. The average molecular weight is 392 g/mol. The van der Waals surface area contributed by atoms with Gasteiger partial charge in [-0.25, -0.2) is 4.68 Å². The highest BCUT2D eigenvalue weighted by Crippen LogP contribution is 2.44. The van der Waals surface area contributed by atoms with Crippen LogP contribution < -0.4 is 15.6 Å². The molecule has 0 aliphatic carbocycles. The first-order chi connectivity index (χ1) is 13.6. The van der Waals surface area contributed by atoms with Crippen molar-refractivity contribution < 1.29 is 4.74 Å². The molecule has 5 rings (SSSR count). The number of nitrogens with zero attached hydrogens (tertiary/aromatic N) is 3. The highest BCUT2D eigenvalue weighted by atomic mass is 32.2. The summed E-state index contributed by atoms with van der Waals surface area (Å²) in [5.41, 5.74) is 3.55. The number of thioether (sulfide) groups is 1. The lowest BCUT2D eigenvalue weighted by Crippen LogP contribution is -2.48. The van der Waals surface area contributed by atoms with Crippen molar-refractivity contribution in [2.24, 2.45) is 0 Å². The van der Waals surface area contributed by atoms with Gasteiger partial charge in [0, 0.05) is 29.0 Å². The predicted octanol–water partition coefficient (Wildman–Crippen LogP) is 3.50. The number of hydrogen-bond donors (Lipinski definition) is 1. The molecule has 6 nitrogen and oxygen atoms in total. The summed E-state index contributed by atoms with van der Waals surface area (Å²) in [6.45, 7) is 2.08. The van der Waals surface area contributed by atoms with E-state index in [0.29, 0.717) is 11.5 Å². The molecule has 1 atom stereocenters. The van der Waals surface area contributed by atoms with E-state index in [0.717, 1.165) is 46.1 Å². The monoisotopic (exact) mass is 392 g/mol. The predicted molar refractivity (Wildman–Crippen MR) is 112 cm³/mol. The van der Waals surface area contributed by atoms with Crippen LogP contribution >= 0.6 is 11.8 Å². The van der Waals surface area contributed by atoms with Crippen molar-refractivity contribution in [3.63, 3.8) is 0 Å². The zero-order valence-corrected chi connectivity index (χ0v) is 16.5. The van der Waals surface area contributed by atoms with Gasteiger partial charge in [0.25, 0.3) is 5.56 Å². The Morgan fingerprint density at radius 3 is 2.75 bits per heavy atom. The fourth-order valence-electron chi connectivity index (χ4n) is 3.91. The van der Waals surface area contributed by atoms with E-state index in [1.807, 2.05) is 52.8 Å². The number of ether oxygens (including phenoxy) is 1. The van der Waals surface area contributed by atoms with E-state index in [1.54, 1.807) is 7.11 Å². The van der Waals surface area contributed by atoms with E-state index < -0.39 is 0 Å². The van der Waals surface area contributed by atoms with Gasteiger partial charge < -0.3 is 10.1 Å². The van der Waals surface area contributed by atoms with Crippen molar-refractivity contribution in [1.82, 2.24) is 14.8 Å². The molecule has 0 radical (unpaired) electrons. The van der Waals surface area contributed by atoms with Crippen LogP contribution in [0.25, 0.3) is 22.6 Å². The van der Waals surface area contributed by atoms with Crippen molar-refractivity contribution >= 4 is 17.4 Å². The van der Waals surface area contributed by atoms with E-state index >= 15 is 0 Å². The van der Waals surface area contributed by atoms with Crippen molar-refractivity contribution in [2.45, 2.75) is 19.0 Å². The molecule has 28 heavy (non-hydrogen) atoms. The highest BCUT2D eigenvalue weighted by molar-refractivity contribution is 7.99. The lowest BCUT2D eigenvalue weighted by atomic mass is 9.99. The standard InChI is InChI=1S/C21H20N4O2S/c1-13-4-3-5-16-17(13)23-21(10-11-28-12-21)25-19(16)22-20(26)18(24-25)14-6-8-15(27-2)9-7-14/h3-9,23H,10-12H2,1-2H3/t21-/m1/s1. The third kappa shape index (κ3) is 2.53. The van der Waals surface area contributed by atoms with Crippen LogP contribution in [0.3, 0.4) is 0 Å². The molecule has 3 heterocycles. The first-order valence-electron chi connectivity index (χ1n) is 9.23. The zero-order valence-electron chi connectivity index (χ0n) is 15.7. The van der Waals surface area contributed by atoms with Gasteiger partial charge in [-0.15, -0.1) is 0 Å². The number of hydrogen-bond acceptors (Lipinski definition) is 6. The summed E-state index contributed by atoms with van der Waals surface area (Å²) in [4.78, 5) is 17.4. The van der Waals surface area contributed by atoms with E-state index in [2.05, 4.69) is 23.3 Å². The number of fused-ring (bicyclic) bond motifs is 4. The summed E-state index contributed by atoms with van der Waals surface area (Å²) in [5.74, 6) is 3.30. The van der Waals surface area contributed by atoms with E-state index in [-0.39, 0.29) is 11.2 Å². The SMILES string of the molecule is COc1ccc(-c2nn3c(nc2=O)-c2cccc(C)c2N[C@]32CCSC2)cc1. The molecule has 1 saturated heterocycles. The first kappa shape index (κ1) is 17.3. The number of para-hydroxylation sites is 1. The molecule has 2 aromatic carbocycles. The topological polar surface area (TPSA) is 69.0 Å². The van der Waals surface area contributed by atoms with Gasteiger partial charge in [0.15, 0.2) is 11.5 Å². The minimum absolute atomic E-state index is 0.313. The molecule has 0 unspecified atom stereocenters. The Morgan fingerprint density at radius 1 is 1.21 bits per heavy atom. The summed E-state index contributed by atoms with van der Waals surface area (Å²) in [6.07, 6.45) is 0.929. The summed E-state index contributed by atoms with van der Waals surface area (Å²) in [5, 5.41) is 8.56. The fourth-order valence-corrected chi connectivity index (χ4v) is 5.22. The van der Waals surface area contributed by atoms with Crippen molar-refractivity contribution in [3.05, 3.63) is 58.4 Å². The van der Waals surface area contributed by atoms with Crippen LogP contribution in [0.2, 0.25) is 0 Å². The molecule has 0 saturated carbocycles. The smallest absolute Gasteiger partial charge is 0.300 e. The number of anilines is 1. The maximum absolute atomic E-state index is 12.9. The van der Waals surface area contributed by atoms with Crippen LogP contribution in [0, 0.1) is 6.92 Å². The van der Waals surface area contributed by atoms with E-state index in [4.69, 9.17) is 9.84 Å². The van der Waals surface area contributed by atoms with Gasteiger partial charge in [-0.3, -0.25) is 4.79 Å². The van der Waals surface area contributed by atoms with E-state index in [9.17, 15) is 4.79 Å². The molecular formula is C21H20N4O2S. The molecule has 3 aromatic rings. The highest BCUT2D eigenvalue weighted by Gasteiger charge is 2.43. The van der Waals surface area contributed by atoms with Gasteiger partial charge in [0.2, 0.25) is 0 Å². The van der Waals surface area contributed by atoms with Gasteiger partial charge in [-0.1, -0.05) is 12.1 Å². The maximum atomic E-state index is 12.9. The Balaban J connectivity index is 1.75. The largest absolute Gasteiger partial charge is 0.497 e. The lowest BCUT2D eigenvalue weighted by Gasteiger charge is -2.39. The second-order valence-electron chi connectivity index (χ2n) is 7.19. The Hall–Kier alpha value is -2.80. The molecule has 1 fully saturated rings. The number of aryl methyl sites for hydroxylation is 1. The van der Waals surface area contributed by atoms with Crippen molar-refractivity contribution in [2.75, 3.05) is 23.9 Å². The van der Waals surface area contributed by atoms with Crippen LogP contribution in [0.15, 0.2) is 47.3 Å². The van der Waals surface area contributed by atoms with Gasteiger partial charge in [0.05, 0.1) is 7.11 Å². The fraction of sp³-hybridized carbons (Fsp3) is 0.286. The average Bonchev–Trinajstić information content (AvgIpc) is 3.18. The van der Waals surface area contributed by atoms with Gasteiger partial charge in [0.1, 0.15) is 11.4 Å². The van der Waals surface area contributed by atoms with Gasteiger partial charge in [-0.05, 0) is 48.6 Å². The van der Waals surface area contributed by atoms with Crippen molar-refractivity contribution in [1.29, 1.82) is 0 Å². The van der Waals surface area contributed by atoms with Crippen LogP contribution in [0.1, 0.15) is 12.0 Å². The number of rotatable bonds is 2. The lowest BCUT2D eigenvalue weighted by molar-refractivity contribution is 0.332. The van der Waals surface area contributed by atoms with Crippen molar-refractivity contribution in [3.8, 4) is 28.4 Å². The Morgan fingerprint density at radius 2 is 2.04 bits per heavy atom. The molecule has 0 amide bonds. The van der Waals surface area contributed by atoms with Crippen LogP contribution in [-0.2, 0) is 5.66 Å². The van der Waals surface area contributed by atoms with Crippen LogP contribution in [0.4, 0.5) is 5.69 Å². The Labute approximate surface area is 167 Å². The molecular weight excluding hydrogens is 372 g/mol. The molecule has 0 bridgehead atoms. The Bertz CT molecular complexity index is 1120. The number of aromatic nitrogens is 3. The number of benzene rings is 2. The number of methoxy groups -OCH3 is 1.